The minimum atomic E-state index is -0.889. The predicted molar refractivity (Wildman–Crippen MR) is 47.5 cm³/mol. The Kier molecular flexibility index (Phi) is 1.84. The van der Waals surface area contributed by atoms with Crippen molar-refractivity contribution in [1.29, 1.82) is 0 Å². The van der Waals surface area contributed by atoms with Gasteiger partial charge in [0.05, 0.1) is 17.5 Å². The molecule has 1 aromatic rings. The first-order chi connectivity index (χ1) is 6.68. The smallest absolute Gasteiger partial charge is 0.303 e. The molecule has 2 rings (SSSR count). The van der Waals surface area contributed by atoms with Crippen molar-refractivity contribution in [3.8, 4) is 0 Å². The molecule has 0 amide bonds. The first kappa shape index (κ1) is 8.54. The molecule has 14 heavy (non-hydrogen) atoms. The van der Waals surface area contributed by atoms with E-state index < -0.39 is 10.9 Å². The molecule has 1 N–H and O–H groups in total. The number of nitrogens with zero attached hydrogens (tertiary/aromatic N) is 3. The van der Waals surface area contributed by atoms with E-state index in [1.54, 1.807) is 0 Å². The molecule has 0 aromatic carbocycles. The summed E-state index contributed by atoms with van der Waals surface area (Å²) in [5.74, 6) is -0.778. The standard InChI is InChI=1S/C7H5FN4O2/c8-5-3-4(12(13)14)6-7(11-5)10-2-1-9-6/h1,3H,2H2,(H,10,11). The molecule has 0 bridgehead atoms. The van der Waals surface area contributed by atoms with Gasteiger partial charge in [-0.25, -0.2) is 4.99 Å². The average Bonchev–Trinajstić information content (AvgIpc) is 2.16. The summed E-state index contributed by atoms with van der Waals surface area (Å²) < 4.78 is 12.8. The van der Waals surface area contributed by atoms with Gasteiger partial charge >= 0.3 is 5.69 Å². The summed E-state index contributed by atoms with van der Waals surface area (Å²) in [7, 11) is 0. The monoisotopic (exact) mass is 196 g/mol. The number of nitro groups is 1. The largest absolute Gasteiger partial charge is 0.363 e. The second-order valence-electron chi connectivity index (χ2n) is 2.61. The zero-order valence-electron chi connectivity index (χ0n) is 6.90. The van der Waals surface area contributed by atoms with Crippen molar-refractivity contribution < 1.29 is 9.31 Å². The second-order valence-corrected chi connectivity index (χ2v) is 2.61. The van der Waals surface area contributed by atoms with E-state index in [1.165, 1.54) is 6.21 Å². The van der Waals surface area contributed by atoms with Gasteiger partial charge in [0.25, 0.3) is 0 Å². The molecule has 7 heteroatoms. The third kappa shape index (κ3) is 1.28. The lowest BCUT2D eigenvalue weighted by Gasteiger charge is -2.10. The fraction of sp³-hybridized carbons (Fsp3) is 0.143. The number of hydrogen-bond donors (Lipinski definition) is 1. The number of fused-ring (bicyclic) bond motifs is 1. The zero-order valence-corrected chi connectivity index (χ0v) is 6.90. The van der Waals surface area contributed by atoms with E-state index in [4.69, 9.17) is 0 Å². The Balaban J connectivity index is 2.66. The molecule has 0 atom stereocenters. The Morgan fingerprint density at radius 1 is 1.64 bits per heavy atom. The summed E-state index contributed by atoms with van der Waals surface area (Å²) in [5, 5.41) is 13.2. The lowest BCUT2D eigenvalue weighted by molar-refractivity contribution is -0.384. The summed E-state index contributed by atoms with van der Waals surface area (Å²) >= 11 is 0. The van der Waals surface area contributed by atoms with Gasteiger partial charge in [-0.2, -0.15) is 9.37 Å². The second kappa shape index (κ2) is 3.02. The molecular weight excluding hydrogens is 191 g/mol. The van der Waals surface area contributed by atoms with Crippen molar-refractivity contribution in [3.05, 3.63) is 22.1 Å². The fourth-order valence-corrected chi connectivity index (χ4v) is 1.16. The number of aromatic nitrogens is 1. The quantitative estimate of drug-likeness (QED) is 0.416. The minimum absolute atomic E-state index is 0.0719. The third-order valence-corrected chi connectivity index (χ3v) is 1.72. The molecule has 1 aliphatic rings. The molecule has 0 spiro atoms. The molecule has 1 aliphatic heterocycles. The number of nitrogens with one attached hydrogen (secondary N) is 1. The van der Waals surface area contributed by atoms with Crippen molar-refractivity contribution in [2.75, 3.05) is 11.9 Å². The van der Waals surface area contributed by atoms with E-state index in [0.717, 1.165) is 6.07 Å². The lowest BCUT2D eigenvalue weighted by Crippen LogP contribution is -2.10. The van der Waals surface area contributed by atoms with Crippen LogP contribution in [0.1, 0.15) is 0 Å². The van der Waals surface area contributed by atoms with Crippen molar-refractivity contribution in [2.24, 2.45) is 4.99 Å². The Labute approximate surface area is 77.6 Å². The summed E-state index contributed by atoms with van der Waals surface area (Å²) in [6.07, 6.45) is 1.47. The van der Waals surface area contributed by atoms with Crippen molar-refractivity contribution >= 4 is 23.4 Å². The molecule has 72 valence electrons. The van der Waals surface area contributed by atoms with Gasteiger partial charge in [0.2, 0.25) is 5.95 Å². The van der Waals surface area contributed by atoms with Gasteiger partial charge in [0.15, 0.2) is 11.5 Å². The van der Waals surface area contributed by atoms with E-state index in [2.05, 4.69) is 15.3 Å². The Hall–Kier alpha value is -2.05. The van der Waals surface area contributed by atoms with Crippen LogP contribution in [0.4, 0.5) is 21.6 Å². The van der Waals surface area contributed by atoms with E-state index in [1.807, 2.05) is 0 Å². The lowest BCUT2D eigenvalue weighted by atomic mass is 10.3. The topological polar surface area (TPSA) is 80.4 Å². The SMILES string of the molecule is O=[N+]([O-])c1cc(F)nc2c1N=CCN2. The van der Waals surface area contributed by atoms with Gasteiger partial charge in [-0.1, -0.05) is 0 Å². The van der Waals surface area contributed by atoms with Gasteiger partial charge in [0, 0.05) is 6.21 Å². The zero-order chi connectivity index (χ0) is 10.1. The molecule has 1 aromatic heterocycles. The molecule has 0 fully saturated rings. The maximum atomic E-state index is 12.8. The van der Waals surface area contributed by atoms with Crippen LogP contribution in [0.15, 0.2) is 11.1 Å². The normalized spacial score (nSPS) is 13.2. The fourth-order valence-electron chi connectivity index (χ4n) is 1.16. The van der Waals surface area contributed by atoms with Crippen molar-refractivity contribution in [3.63, 3.8) is 0 Å². The van der Waals surface area contributed by atoms with Gasteiger partial charge in [0.1, 0.15) is 0 Å². The van der Waals surface area contributed by atoms with Gasteiger partial charge in [-0.3, -0.25) is 10.1 Å². The maximum Gasteiger partial charge on any atom is 0.303 e. The highest BCUT2D eigenvalue weighted by Crippen LogP contribution is 2.35. The van der Waals surface area contributed by atoms with Crippen LogP contribution in [0.3, 0.4) is 0 Å². The van der Waals surface area contributed by atoms with Crippen LogP contribution in [0.2, 0.25) is 0 Å². The molecule has 2 heterocycles. The molecular formula is C7H5FN4O2. The number of rotatable bonds is 1. The summed E-state index contributed by atoms with van der Waals surface area (Å²) in [6, 6.07) is 0.753. The van der Waals surface area contributed by atoms with Crippen LogP contribution in [-0.4, -0.2) is 22.7 Å². The van der Waals surface area contributed by atoms with Crippen molar-refractivity contribution in [1.82, 2.24) is 4.98 Å². The molecule has 6 nitrogen and oxygen atoms in total. The minimum Gasteiger partial charge on any atom is -0.363 e. The highest BCUT2D eigenvalue weighted by atomic mass is 19.1. The van der Waals surface area contributed by atoms with Crippen LogP contribution < -0.4 is 5.32 Å². The number of anilines is 1. The van der Waals surface area contributed by atoms with Gasteiger partial charge < -0.3 is 5.32 Å². The summed E-state index contributed by atoms with van der Waals surface area (Å²) in [6.45, 7) is 0.389. The first-order valence-corrected chi connectivity index (χ1v) is 3.80. The number of halogens is 1. The molecule has 0 radical (unpaired) electrons. The van der Waals surface area contributed by atoms with E-state index in [9.17, 15) is 14.5 Å². The maximum absolute atomic E-state index is 12.8. The summed E-state index contributed by atoms with van der Waals surface area (Å²) in [5.41, 5.74) is -0.307. The first-order valence-electron chi connectivity index (χ1n) is 3.80. The molecule has 0 unspecified atom stereocenters. The van der Waals surface area contributed by atoms with E-state index in [0.29, 0.717) is 6.54 Å². The van der Waals surface area contributed by atoms with Gasteiger partial charge in [-0.15, -0.1) is 0 Å². The predicted octanol–water partition coefficient (Wildman–Crippen LogP) is 1.26. The number of hydrogen-bond acceptors (Lipinski definition) is 5. The van der Waals surface area contributed by atoms with Crippen LogP contribution in [-0.2, 0) is 0 Å². The molecule has 0 saturated carbocycles. The Morgan fingerprint density at radius 3 is 3.14 bits per heavy atom. The number of pyridine rings is 1. The van der Waals surface area contributed by atoms with Crippen molar-refractivity contribution in [2.45, 2.75) is 0 Å². The van der Waals surface area contributed by atoms with E-state index in [-0.39, 0.29) is 17.2 Å². The molecule has 0 aliphatic carbocycles. The Bertz CT molecular complexity index is 432. The molecule has 0 saturated heterocycles. The van der Waals surface area contributed by atoms with Gasteiger partial charge in [-0.05, 0) is 0 Å². The average molecular weight is 196 g/mol. The van der Waals surface area contributed by atoms with Crippen LogP contribution in [0.5, 0.6) is 0 Å². The highest BCUT2D eigenvalue weighted by Gasteiger charge is 2.22. The third-order valence-electron chi connectivity index (χ3n) is 1.72. The van der Waals surface area contributed by atoms with Crippen LogP contribution in [0.25, 0.3) is 0 Å². The van der Waals surface area contributed by atoms with Crippen LogP contribution in [0, 0.1) is 16.1 Å². The highest BCUT2D eigenvalue weighted by molar-refractivity contribution is 5.83. The summed E-state index contributed by atoms with van der Waals surface area (Å²) in [4.78, 5) is 17.1. The Morgan fingerprint density at radius 2 is 2.43 bits per heavy atom. The van der Waals surface area contributed by atoms with Crippen LogP contribution >= 0.6 is 0 Å². The number of aliphatic imine (C=N–C) groups is 1. The van der Waals surface area contributed by atoms with E-state index >= 15 is 0 Å².